The van der Waals surface area contributed by atoms with Gasteiger partial charge >= 0.3 is 0 Å². The minimum absolute atomic E-state index is 0.148. The molecule has 0 spiro atoms. The van der Waals surface area contributed by atoms with E-state index < -0.39 is 17.5 Å². The van der Waals surface area contributed by atoms with Gasteiger partial charge in [-0.25, -0.2) is 4.39 Å². The van der Waals surface area contributed by atoms with E-state index in [4.69, 9.17) is 11.6 Å². The van der Waals surface area contributed by atoms with Gasteiger partial charge in [0.15, 0.2) is 0 Å². The van der Waals surface area contributed by atoms with Crippen LogP contribution in [0.2, 0.25) is 5.02 Å². The van der Waals surface area contributed by atoms with Gasteiger partial charge < -0.3 is 15.3 Å². The molecule has 144 valence electrons. The van der Waals surface area contributed by atoms with Gasteiger partial charge in [-0.15, -0.1) is 0 Å². The van der Waals surface area contributed by atoms with Crippen LogP contribution in [0.1, 0.15) is 49.3 Å². The van der Waals surface area contributed by atoms with Gasteiger partial charge in [0.05, 0.1) is 6.10 Å². The topological polar surface area (TPSA) is 60.7 Å². The van der Waals surface area contributed by atoms with E-state index >= 15 is 0 Å². The van der Waals surface area contributed by atoms with E-state index in [2.05, 4.69) is 6.92 Å². The average Bonchev–Trinajstić information content (AvgIpc) is 2.61. The minimum atomic E-state index is -1.52. The highest BCUT2D eigenvalue weighted by molar-refractivity contribution is 6.30. The Hall–Kier alpha value is -1.62. The van der Waals surface area contributed by atoms with Crippen molar-refractivity contribution in [3.05, 3.63) is 63.9 Å². The number of aromatic hydroxyl groups is 1. The number of rotatable bonds is 2. The van der Waals surface area contributed by atoms with Gasteiger partial charge in [-0.1, -0.05) is 24.6 Å². The molecule has 0 aromatic heterocycles. The van der Waals surface area contributed by atoms with Crippen LogP contribution in [0.4, 0.5) is 4.39 Å². The number of aryl methyl sites for hydroxylation is 1. The molecular weight excluding hydrogens is 367 g/mol. The van der Waals surface area contributed by atoms with E-state index in [-0.39, 0.29) is 22.1 Å². The Bertz CT molecular complexity index is 866. The number of aliphatic hydroxyl groups excluding tert-OH is 1. The van der Waals surface area contributed by atoms with E-state index in [1.165, 1.54) is 12.1 Å². The number of halogens is 2. The molecule has 4 unspecified atom stereocenters. The van der Waals surface area contributed by atoms with Crippen molar-refractivity contribution in [1.82, 2.24) is 0 Å². The standard InChI is InChI=1S/C22H24ClFO3/c1-2-21-12-20(26)22(27,15-8-16(23)10-17(24)9-15)11-14(21)4-3-13-7-18(25)5-6-19(13)21/h5-10,14,20,25-27H,2-4,11-12H2,1H3. The Labute approximate surface area is 163 Å². The third-order valence-electron chi connectivity index (χ3n) is 6.83. The van der Waals surface area contributed by atoms with Crippen LogP contribution >= 0.6 is 11.6 Å². The van der Waals surface area contributed by atoms with Crippen LogP contribution in [0.5, 0.6) is 5.75 Å². The number of phenols is 1. The number of fused-ring (bicyclic) bond motifs is 3. The Morgan fingerprint density at radius 2 is 1.96 bits per heavy atom. The zero-order valence-corrected chi connectivity index (χ0v) is 16.0. The Kier molecular flexibility index (Phi) is 4.49. The van der Waals surface area contributed by atoms with Crippen molar-refractivity contribution in [2.45, 2.75) is 56.1 Å². The van der Waals surface area contributed by atoms with Crippen molar-refractivity contribution in [3.8, 4) is 5.75 Å². The van der Waals surface area contributed by atoms with Crippen molar-refractivity contribution in [1.29, 1.82) is 0 Å². The highest BCUT2D eigenvalue weighted by Crippen LogP contribution is 2.57. The summed E-state index contributed by atoms with van der Waals surface area (Å²) in [5, 5.41) is 32.4. The lowest BCUT2D eigenvalue weighted by Gasteiger charge is -2.55. The largest absolute Gasteiger partial charge is 0.508 e. The van der Waals surface area contributed by atoms with E-state index in [9.17, 15) is 19.7 Å². The molecule has 2 aliphatic carbocycles. The molecule has 1 fully saturated rings. The quantitative estimate of drug-likeness (QED) is 0.710. The maximum atomic E-state index is 13.9. The fraction of sp³-hybridized carbons (Fsp3) is 0.455. The molecule has 0 amide bonds. The number of phenolic OH excluding ortho intramolecular Hbond substituents is 1. The Morgan fingerprint density at radius 1 is 1.19 bits per heavy atom. The molecule has 2 aliphatic rings. The minimum Gasteiger partial charge on any atom is -0.508 e. The number of hydrogen-bond donors (Lipinski definition) is 3. The first kappa shape index (κ1) is 18.7. The maximum Gasteiger partial charge on any atom is 0.125 e. The first-order valence-electron chi connectivity index (χ1n) is 9.48. The van der Waals surface area contributed by atoms with Crippen LogP contribution in [-0.4, -0.2) is 21.4 Å². The second-order valence-corrected chi connectivity index (χ2v) is 8.53. The van der Waals surface area contributed by atoms with Gasteiger partial charge in [-0.2, -0.15) is 0 Å². The normalized spacial score (nSPS) is 32.6. The summed E-state index contributed by atoms with van der Waals surface area (Å²) in [6.07, 6.45) is 2.19. The van der Waals surface area contributed by atoms with Gasteiger partial charge in [-0.05, 0) is 85.0 Å². The summed E-state index contributed by atoms with van der Waals surface area (Å²) < 4.78 is 13.9. The first-order valence-corrected chi connectivity index (χ1v) is 9.85. The summed E-state index contributed by atoms with van der Waals surface area (Å²) in [6, 6.07) is 9.46. The molecule has 3 N–H and O–H groups in total. The number of hydrogen-bond acceptors (Lipinski definition) is 3. The SMILES string of the molecule is CCC12CC(O)C(O)(c3cc(F)cc(Cl)c3)CC1CCc1cc(O)ccc12. The zero-order valence-electron chi connectivity index (χ0n) is 15.3. The van der Waals surface area contributed by atoms with Crippen LogP contribution in [0.25, 0.3) is 0 Å². The Balaban J connectivity index is 1.78. The summed E-state index contributed by atoms with van der Waals surface area (Å²) in [5.41, 5.74) is 0.811. The van der Waals surface area contributed by atoms with E-state index in [0.717, 1.165) is 30.4 Å². The van der Waals surface area contributed by atoms with Gasteiger partial charge in [0.2, 0.25) is 0 Å². The predicted octanol–water partition coefficient (Wildman–Crippen LogP) is 4.44. The first-order chi connectivity index (χ1) is 12.8. The molecule has 3 nitrogen and oxygen atoms in total. The zero-order chi connectivity index (χ0) is 19.4. The van der Waals surface area contributed by atoms with Crippen LogP contribution in [-0.2, 0) is 17.4 Å². The van der Waals surface area contributed by atoms with E-state index in [1.807, 2.05) is 12.1 Å². The van der Waals surface area contributed by atoms with Crippen LogP contribution in [0.3, 0.4) is 0 Å². The van der Waals surface area contributed by atoms with Crippen molar-refractivity contribution < 1.29 is 19.7 Å². The molecule has 27 heavy (non-hydrogen) atoms. The van der Waals surface area contributed by atoms with Crippen LogP contribution in [0.15, 0.2) is 36.4 Å². The molecule has 0 radical (unpaired) electrons. The highest BCUT2D eigenvalue weighted by atomic mass is 35.5. The maximum absolute atomic E-state index is 13.9. The van der Waals surface area contributed by atoms with Gasteiger partial charge in [0.25, 0.3) is 0 Å². The van der Waals surface area contributed by atoms with Crippen molar-refractivity contribution >= 4 is 11.6 Å². The molecular formula is C22H24ClFO3. The van der Waals surface area contributed by atoms with Crippen LogP contribution < -0.4 is 0 Å². The summed E-state index contributed by atoms with van der Waals surface area (Å²) in [5.74, 6) is -0.120. The average molecular weight is 391 g/mol. The second-order valence-electron chi connectivity index (χ2n) is 8.09. The molecule has 4 rings (SSSR count). The fourth-order valence-electron chi connectivity index (χ4n) is 5.44. The second kappa shape index (κ2) is 6.47. The molecule has 2 aromatic carbocycles. The van der Waals surface area contributed by atoms with Crippen molar-refractivity contribution in [2.24, 2.45) is 5.92 Å². The van der Waals surface area contributed by atoms with Gasteiger partial charge in [-0.3, -0.25) is 0 Å². The molecule has 2 aromatic rings. The van der Waals surface area contributed by atoms with Crippen LogP contribution in [0, 0.1) is 11.7 Å². The molecule has 0 aliphatic heterocycles. The predicted molar refractivity (Wildman–Crippen MR) is 102 cm³/mol. The summed E-state index contributed by atoms with van der Waals surface area (Å²) in [7, 11) is 0. The Morgan fingerprint density at radius 3 is 2.67 bits per heavy atom. The van der Waals surface area contributed by atoms with Gasteiger partial charge in [0, 0.05) is 10.4 Å². The monoisotopic (exact) mass is 390 g/mol. The fourth-order valence-corrected chi connectivity index (χ4v) is 5.66. The molecule has 0 saturated heterocycles. The number of benzene rings is 2. The van der Waals surface area contributed by atoms with E-state index in [0.29, 0.717) is 18.4 Å². The van der Waals surface area contributed by atoms with Crippen molar-refractivity contribution in [3.63, 3.8) is 0 Å². The molecule has 4 atom stereocenters. The third-order valence-corrected chi connectivity index (χ3v) is 7.05. The van der Waals surface area contributed by atoms with Gasteiger partial charge in [0.1, 0.15) is 17.2 Å². The summed E-state index contributed by atoms with van der Waals surface area (Å²) in [4.78, 5) is 0. The third kappa shape index (κ3) is 2.86. The molecule has 1 saturated carbocycles. The molecule has 5 heteroatoms. The number of aliphatic hydroxyl groups is 2. The van der Waals surface area contributed by atoms with E-state index in [1.54, 1.807) is 12.1 Å². The summed E-state index contributed by atoms with van der Waals surface area (Å²) in [6.45, 7) is 2.10. The summed E-state index contributed by atoms with van der Waals surface area (Å²) >= 11 is 6.00. The lowest BCUT2D eigenvalue weighted by molar-refractivity contribution is -0.146. The molecule has 0 bridgehead atoms. The highest BCUT2D eigenvalue weighted by Gasteiger charge is 2.55. The van der Waals surface area contributed by atoms with Crippen molar-refractivity contribution in [2.75, 3.05) is 0 Å². The molecule has 0 heterocycles. The smallest absolute Gasteiger partial charge is 0.125 e. The lowest BCUT2D eigenvalue weighted by atomic mass is 9.52. The lowest BCUT2D eigenvalue weighted by Crippen LogP contribution is -2.56.